The molecule has 2 heterocycles. The van der Waals surface area contributed by atoms with Gasteiger partial charge in [-0.3, -0.25) is 9.59 Å². The molecule has 2 aliphatic rings. The Morgan fingerprint density at radius 1 is 1.00 bits per heavy atom. The predicted molar refractivity (Wildman–Crippen MR) is 76.5 cm³/mol. The lowest BCUT2D eigenvalue weighted by atomic mass is 9.97. The van der Waals surface area contributed by atoms with E-state index in [-0.39, 0.29) is 18.4 Å². The first-order valence-electron chi connectivity index (χ1n) is 7.90. The van der Waals surface area contributed by atoms with Gasteiger partial charge in [0.15, 0.2) is 0 Å². The number of amides is 1. The van der Waals surface area contributed by atoms with Crippen LogP contribution in [0.4, 0.5) is 0 Å². The lowest BCUT2D eigenvalue weighted by molar-refractivity contribution is -0.140. The zero-order valence-corrected chi connectivity index (χ0v) is 12.2. The van der Waals surface area contributed by atoms with Crippen LogP contribution in [0.3, 0.4) is 0 Å². The van der Waals surface area contributed by atoms with E-state index < -0.39 is 5.97 Å². The molecule has 0 saturated carbocycles. The number of hydrogen-bond donors (Lipinski definition) is 1. The van der Waals surface area contributed by atoms with Crippen LogP contribution in [-0.4, -0.2) is 59.0 Å². The van der Waals surface area contributed by atoms with Gasteiger partial charge in [0.05, 0.1) is 0 Å². The Bertz CT molecular complexity index is 340. The Balaban J connectivity index is 1.79. The third-order valence-corrected chi connectivity index (χ3v) is 4.48. The summed E-state index contributed by atoms with van der Waals surface area (Å²) in [5.74, 6) is -0.549. The number of aliphatic carboxylic acids is 1. The number of carbonyl (C=O) groups is 2. The van der Waals surface area contributed by atoms with Crippen LogP contribution in [0.1, 0.15) is 51.4 Å². The fraction of sp³-hybridized carbons (Fsp3) is 0.867. The van der Waals surface area contributed by atoms with Crippen molar-refractivity contribution < 1.29 is 14.7 Å². The van der Waals surface area contributed by atoms with Gasteiger partial charge in [-0.1, -0.05) is 0 Å². The molecule has 0 aromatic carbocycles. The summed E-state index contributed by atoms with van der Waals surface area (Å²) in [5.41, 5.74) is 0. The Morgan fingerprint density at radius 3 is 2.40 bits per heavy atom. The van der Waals surface area contributed by atoms with E-state index in [4.69, 9.17) is 5.11 Å². The van der Waals surface area contributed by atoms with Crippen molar-refractivity contribution >= 4 is 11.9 Å². The van der Waals surface area contributed by atoms with E-state index >= 15 is 0 Å². The lowest BCUT2D eigenvalue weighted by Crippen LogP contribution is -2.44. The van der Waals surface area contributed by atoms with Gasteiger partial charge in [-0.25, -0.2) is 0 Å². The molecular weight excluding hydrogens is 256 g/mol. The highest BCUT2D eigenvalue weighted by Crippen LogP contribution is 2.22. The molecule has 2 fully saturated rings. The number of rotatable bonds is 6. The van der Waals surface area contributed by atoms with Crippen LogP contribution >= 0.6 is 0 Å². The van der Waals surface area contributed by atoms with Gasteiger partial charge in [0, 0.05) is 32.0 Å². The van der Waals surface area contributed by atoms with Crippen LogP contribution in [0.15, 0.2) is 0 Å². The summed E-state index contributed by atoms with van der Waals surface area (Å²) in [6.07, 6.45) is 6.98. The minimum atomic E-state index is -0.764. The fourth-order valence-corrected chi connectivity index (χ4v) is 3.32. The minimum absolute atomic E-state index is 0.144. The second-order valence-corrected chi connectivity index (χ2v) is 5.97. The largest absolute Gasteiger partial charge is 0.481 e. The number of carboxylic acids is 1. The van der Waals surface area contributed by atoms with Gasteiger partial charge in [-0.15, -0.1) is 0 Å². The van der Waals surface area contributed by atoms with Crippen molar-refractivity contribution in [2.45, 2.75) is 57.4 Å². The summed E-state index contributed by atoms with van der Waals surface area (Å²) < 4.78 is 0. The van der Waals surface area contributed by atoms with Crippen LogP contribution in [0.5, 0.6) is 0 Å². The molecule has 0 aliphatic carbocycles. The third-order valence-electron chi connectivity index (χ3n) is 4.48. The van der Waals surface area contributed by atoms with Gasteiger partial charge in [-0.2, -0.15) is 0 Å². The first kappa shape index (κ1) is 15.3. The van der Waals surface area contributed by atoms with Crippen LogP contribution in [0, 0.1) is 0 Å². The maximum Gasteiger partial charge on any atom is 0.303 e. The van der Waals surface area contributed by atoms with E-state index in [0.717, 1.165) is 45.4 Å². The molecule has 0 radical (unpaired) electrons. The highest BCUT2D eigenvalue weighted by Gasteiger charge is 2.27. The normalized spacial score (nSPS) is 24.0. The standard InChI is InChI=1S/C15H26N2O3/c18-14(8-12-16-9-3-4-10-16)17-11-2-1-5-13(17)6-7-15(19)20/h13H,1-12H2,(H,19,20). The molecule has 2 aliphatic heterocycles. The summed E-state index contributed by atoms with van der Waals surface area (Å²) in [6, 6.07) is 0.144. The second-order valence-electron chi connectivity index (χ2n) is 5.97. The van der Waals surface area contributed by atoms with Crippen LogP contribution < -0.4 is 0 Å². The predicted octanol–water partition coefficient (Wildman–Crippen LogP) is 1.72. The molecule has 5 heteroatoms. The smallest absolute Gasteiger partial charge is 0.303 e. The number of likely N-dealkylation sites (tertiary alicyclic amines) is 2. The molecule has 1 N–H and O–H groups in total. The molecule has 2 rings (SSSR count). The monoisotopic (exact) mass is 282 g/mol. The van der Waals surface area contributed by atoms with Crippen LogP contribution in [0.2, 0.25) is 0 Å². The lowest BCUT2D eigenvalue weighted by Gasteiger charge is -2.36. The molecule has 0 spiro atoms. The molecule has 114 valence electrons. The molecule has 0 aromatic rings. The zero-order valence-electron chi connectivity index (χ0n) is 12.2. The second kappa shape index (κ2) is 7.62. The SMILES string of the molecule is O=C(O)CCC1CCCCN1C(=O)CCN1CCCC1. The zero-order chi connectivity index (χ0) is 14.4. The molecule has 0 bridgehead atoms. The van der Waals surface area contributed by atoms with Crippen molar-refractivity contribution in [2.24, 2.45) is 0 Å². The molecule has 20 heavy (non-hydrogen) atoms. The Kier molecular flexibility index (Phi) is 5.83. The Morgan fingerprint density at radius 2 is 1.70 bits per heavy atom. The van der Waals surface area contributed by atoms with Gasteiger partial charge in [0.25, 0.3) is 0 Å². The van der Waals surface area contributed by atoms with Gasteiger partial charge in [-0.05, 0) is 51.6 Å². The summed E-state index contributed by atoms with van der Waals surface area (Å²) in [5, 5.41) is 8.81. The summed E-state index contributed by atoms with van der Waals surface area (Å²) in [6.45, 7) is 3.91. The molecular formula is C15H26N2O3. The van der Waals surface area contributed by atoms with E-state index in [1.807, 2.05) is 4.90 Å². The van der Waals surface area contributed by atoms with E-state index in [1.54, 1.807) is 0 Å². The maximum atomic E-state index is 12.4. The quantitative estimate of drug-likeness (QED) is 0.806. The first-order valence-corrected chi connectivity index (χ1v) is 7.90. The molecule has 2 saturated heterocycles. The Labute approximate surface area is 120 Å². The van der Waals surface area contributed by atoms with Crippen LogP contribution in [-0.2, 0) is 9.59 Å². The highest BCUT2D eigenvalue weighted by molar-refractivity contribution is 5.77. The number of carboxylic acid groups (broad SMARTS) is 1. The number of carbonyl (C=O) groups excluding carboxylic acids is 1. The molecule has 5 nitrogen and oxygen atoms in total. The number of nitrogens with zero attached hydrogens (tertiary/aromatic N) is 2. The van der Waals surface area contributed by atoms with E-state index in [0.29, 0.717) is 12.8 Å². The summed E-state index contributed by atoms with van der Waals surface area (Å²) in [4.78, 5) is 27.4. The summed E-state index contributed by atoms with van der Waals surface area (Å²) >= 11 is 0. The van der Waals surface area contributed by atoms with Gasteiger partial charge in [0.2, 0.25) is 5.91 Å². The van der Waals surface area contributed by atoms with E-state index in [9.17, 15) is 9.59 Å². The van der Waals surface area contributed by atoms with Crippen LogP contribution in [0.25, 0.3) is 0 Å². The van der Waals surface area contributed by atoms with Crippen molar-refractivity contribution in [2.75, 3.05) is 26.2 Å². The van der Waals surface area contributed by atoms with Crippen molar-refractivity contribution in [3.8, 4) is 0 Å². The van der Waals surface area contributed by atoms with Gasteiger partial charge >= 0.3 is 5.97 Å². The first-order chi connectivity index (χ1) is 9.66. The van der Waals surface area contributed by atoms with Crippen molar-refractivity contribution in [1.29, 1.82) is 0 Å². The Hall–Kier alpha value is -1.10. The number of hydrogen-bond acceptors (Lipinski definition) is 3. The molecule has 0 aromatic heterocycles. The van der Waals surface area contributed by atoms with E-state index in [1.165, 1.54) is 12.8 Å². The highest BCUT2D eigenvalue weighted by atomic mass is 16.4. The topological polar surface area (TPSA) is 60.9 Å². The molecule has 1 amide bonds. The maximum absolute atomic E-state index is 12.4. The fourth-order valence-electron chi connectivity index (χ4n) is 3.32. The third kappa shape index (κ3) is 4.47. The van der Waals surface area contributed by atoms with E-state index in [2.05, 4.69) is 4.90 Å². The average Bonchev–Trinajstić information content (AvgIpc) is 2.96. The number of piperidine rings is 1. The molecule has 1 atom stereocenters. The van der Waals surface area contributed by atoms with Crippen molar-refractivity contribution in [3.05, 3.63) is 0 Å². The van der Waals surface area contributed by atoms with Crippen molar-refractivity contribution in [1.82, 2.24) is 9.80 Å². The molecule has 1 unspecified atom stereocenters. The van der Waals surface area contributed by atoms with Crippen molar-refractivity contribution in [3.63, 3.8) is 0 Å². The van der Waals surface area contributed by atoms with Gasteiger partial charge < -0.3 is 14.9 Å². The van der Waals surface area contributed by atoms with Gasteiger partial charge in [0.1, 0.15) is 0 Å². The average molecular weight is 282 g/mol. The summed E-state index contributed by atoms with van der Waals surface area (Å²) in [7, 11) is 0. The minimum Gasteiger partial charge on any atom is -0.481 e.